The smallest absolute Gasteiger partial charge is 0.124 e. The first-order chi connectivity index (χ1) is 7.00. The average molecular weight is 314 g/mol. The lowest BCUT2D eigenvalue weighted by Gasteiger charge is -2.24. The number of benzene rings is 1. The molecule has 0 atom stereocenters. The van der Waals surface area contributed by atoms with E-state index in [9.17, 15) is 4.39 Å². The highest BCUT2D eigenvalue weighted by Crippen LogP contribution is 2.29. The van der Waals surface area contributed by atoms with Crippen molar-refractivity contribution < 1.29 is 4.39 Å². The molecule has 4 heteroatoms. The molecule has 15 heavy (non-hydrogen) atoms. The van der Waals surface area contributed by atoms with Gasteiger partial charge in [0.15, 0.2) is 0 Å². The topological polar surface area (TPSA) is 0 Å². The van der Waals surface area contributed by atoms with Crippen molar-refractivity contribution in [2.45, 2.75) is 13.3 Å². The zero-order chi connectivity index (χ0) is 11.5. The molecule has 0 fully saturated rings. The summed E-state index contributed by atoms with van der Waals surface area (Å²) in [7, 11) is 0. The minimum absolute atomic E-state index is 0.149. The lowest BCUT2D eigenvalue weighted by molar-refractivity contribution is 0.424. The van der Waals surface area contributed by atoms with Gasteiger partial charge < -0.3 is 0 Å². The Morgan fingerprint density at radius 3 is 2.40 bits per heavy atom. The summed E-state index contributed by atoms with van der Waals surface area (Å²) in [5, 5.41) is 0. The normalized spacial score (nSPS) is 11.8. The monoisotopic (exact) mass is 312 g/mol. The third-order valence-electron chi connectivity index (χ3n) is 2.28. The van der Waals surface area contributed by atoms with Gasteiger partial charge in [0, 0.05) is 16.2 Å². The summed E-state index contributed by atoms with van der Waals surface area (Å²) in [5.74, 6) is 0.727. The first-order valence-corrected chi connectivity index (χ1v) is 6.43. The number of hydrogen-bond donors (Lipinski definition) is 0. The van der Waals surface area contributed by atoms with Crippen molar-refractivity contribution in [2.24, 2.45) is 5.41 Å². The predicted molar refractivity (Wildman–Crippen MR) is 67.4 cm³/mol. The molecule has 0 N–H and O–H groups in total. The molecule has 0 aromatic heterocycles. The van der Waals surface area contributed by atoms with Gasteiger partial charge in [-0.15, -0.1) is 23.2 Å². The minimum Gasteiger partial charge on any atom is -0.207 e. The van der Waals surface area contributed by atoms with Gasteiger partial charge >= 0.3 is 0 Å². The molecule has 1 aromatic carbocycles. The third kappa shape index (κ3) is 3.61. The van der Waals surface area contributed by atoms with Gasteiger partial charge in [-0.2, -0.15) is 0 Å². The van der Waals surface area contributed by atoms with Gasteiger partial charge in [-0.3, -0.25) is 0 Å². The van der Waals surface area contributed by atoms with E-state index in [2.05, 4.69) is 15.9 Å². The van der Waals surface area contributed by atoms with Crippen LogP contribution in [0.4, 0.5) is 4.39 Å². The molecule has 0 heterocycles. The molecule has 0 aliphatic heterocycles. The number of halogens is 4. The van der Waals surface area contributed by atoms with E-state index in [1.165, 1.54) is 12.1 Å². The molecule has 0 bridgehead atoms. The third-order valence-corrected chi connectivity index (χ3v) is 4.31. The molecule has 84 valence electrons. The first kappa shape index (κ1) is 13.3. The highest BCUT2D eigenvalue weighted by Gasteiger charge is 2.23. The molecule has 0 radical (unpaired) electrons. The van der Waals surface area contributed by atoms with Crippen LogP contribution in [0.5, 0.6) is 0 Å². The Labute approximate surface area is 108 Å². The fourth-order valence-electron chi connectivity index (χ4n) is 1.26. The number of rotatable bonds is 4. The van der Waals surface area contributed by atoms with Gasteiger partial charge in [0.25, 0.3) is 0 Å². The standard InChI is InChI=1S/C11H12BrCl2F/c1-11(6-13,7-14)5-8-2-3-9(15)4-10(8)12/h2-4H,5-7H2,1H3. The van der Waals surface area contributed by atoms with Crippen LogP contribution in [0, 0.1) is 11.2 Å². The summed E-state index contributed by atoms with van der Waals surface area (Å²) in [5.41, 5.74) is 0.879. The first-order valence-electron chi connectivity index (χ1n) is 4.56. The second kappa shape index (κ2) is 5.51. The molecule has 0 saturated heterocycles. The van der Waals surface area contributed by atoms with E-state index < -0.39 is 0 Å². The van der Waals surface area contributed by atoms with Crippen molar-refractivity contribution >= 4 is 39.1 Å². The summed E-state index contributed by atoms with van der Waals surface area (Å²) in [6, 6.07) is 4.66. The van der Waals surface area contributed by atoms with Gasteiger partial charge in [0.2, 0.25) is 0 Å². The molecule has 0 aliphatic carbocycles. The van der Waals surface area contributed by atoms with Crippen molar-refractivity contribution in [1.82, 2.24) is 0 Å². The molecular weight excluding hydrogens is 302 g/mol. The van der Waals surface area contributed by atoms with Crippen molar-refractivity contribution in [3.05, 3.63) is 34.1 Å². The number of alkyl halides is 2. The Bertz CT molecular complexity index is 337. The molecule has 0 amide bonds. The summed E-state index contributed by atoms with van der Waals surface area (Å²) < 4.78 is 13.6. The van der Waals surface area contributed by atoms with E-state index >= 15 is 0 Å². The molecule has 0 spiro atoms. The largest absolute Gasteiger partial charge is 0.207 e. The summed E-state index contributed by atoms with van der Waals surface area (Å²) in [6.07, 6.45) is 0.737. The fraction of sp³-hybridized carbons (Fsp3) is 0.455. The molecule has 0 unspecified atom stereocenters. The summed E-state index contributed by atoms with van der Waals surface area (Å²) in [4.78, 5) is 0. The Morgan fingerprint density at radius 2 is 1.93 bits per heavy atom. The van der Waals surface area contributed by atoms with E-state index in [1.807, 2.05) is 6.92 Å². The van der Waals surface area contributed by atoms with Gasteiger partial charge in [-0.25, -0.2) is 4.39 Å². The predicted octanol–water partition coefficient (Wildman–Crippen LogP) is 4.61. The van der Waals surface area contributed by atoms with Crippen molar-refractivity contribution in [1.29, 1.82) is 0 Å². The Kier molecular flexibility index (Phi) is 4.88. The van der Waals surface area contributed by atoms with Crippen LogP contribution in [0.3, 0.4) is 0 Å². The molecule has 0 saturated carbocycles. The van der Waals surface area contributed by atoms with E-state index in [4.69, 9.17) is 23.2 Å². The second-order valence-electron chi connectivity index (χ2n) is 3.99. The maximum atomic E-state index is 12.9. The maximum Gasteiger partial charge on any atom is 0.124 e. The van der Waals surface area contributed by atoms with Crippen LogP contribution in [0.1, 0.15) is 12.5 Å². The van der Waals surface area contributed by atoms with Gasteiger partial charge in [0.1, 0.15) is 5.82 Å². The molecule has 0 nitrogen and oxygen atoms in total. The Hall–Kier alpha value is 0.210. The SMILES string of the molecule is CC(CCl)(CCl)Cc1ccc(F)cc1Br. The molecule has 1 rings (SSSR count). The minimum atomic E-state index is -0.246. The average Bonchev–Trinajstić information content (AvgIpc) is 2.22. The lowest BCUT2D eigenvalue weighted by Crippen LogP contribution is -2.23. The summed E-state index contributed by atoms with van der Waals surface area (Å²) >= 11 is 15.1. The van der Waals surface area contributed by atoms with Gasteiger partial charge in [-0.1, -0.05) is 28.9 Å². The van der Waals surface area contributed by atoms with Crippen LogP contribution in [0.2, 0.25) is 0 Å². The van der Waals surface area contributed by atoms with Crippen molar-refractivity contribution in [3.8, 4) is 0 Å². The van der Waals surface area contributed by atoms with Crippen LogP contribution >= 0.6 is 39.1 Å². The quantitative estimate of drug-likeness (QED) is 0.712. The second-order valence-corrected chi connectivity index (χ2v) is 5.38. The van der Waals surface area contributed by atoms with Crippen LogP contribution in [0.25, 0.3) is 0 Å². The van der Waals surface area contributed by atoms with Crippen LogP contribution in [0.15, 0.2) is 22.7 Å². The van der Waals surface area contributed by atoms with Crippen molar-refractivity contribution in [3.63, 3.8) is 0 Å². The van der Waals surface area contributed by atoms with Gasteiger partial charge in [0.05, 0.1) is 0 Å². The maximum absolute atomic E-state index is 12.9. The molecule has 0 aliphatic rings. The summed E-state index contributed by atoms with van der Waals surface area (Å²) in [6.45, 7) is 2.02. The van der Waals surface area contributed by atoms with Crippen LogP contribution in [-0.2, 0) is 6.42 Å². The highest BCUT2D eigenvalue weighted by molar-refractivity contribution is 9.10. The zero-order valence-electron chi connectivity index (χ0n) is 8.37. The van der Waals surface area contributed by atoms with E-state index in [-0.39, 0.29) is 11.2 Å². The zero-order valence-corrected chi connectivity index (χ0v) is 11.5. The number of hydrogen-bond acceptors (Lipinski definition) is 0. The Balaban J connectivity index is 2.89. The fourth-order valence-corrected chi connectivity index (χ4v) is 2.22. The van der Waals surface area contributed by atoms with Crippen molar-refractivity contribution in [2.75, 3.05) is 11.8 Å². The highest BCUT2D eigenvalue weighted by atomic mass is 79.9. The van der Waals surface area contributed by atoms with Crippen LogP contribution < -0.4 is 0 Å². The lowest BCUT2D eigenvalue weighted by atomic mass is 9.87. The molecule has 1 aromatic rings. The Morgan fingerprint density at radius 1 is 1.33 bits per heavy atom. The van der Waals surface area contributed by atoms with E-state index in [0.29, 0.717) is 11.8 Å². The van der Waals surface area contributed by atoms with E-state index in [1.54, 1.807) is 6.07 Å². The van der Waals surface area contributed by atoms with Crippen LogP contribution in [-0.4, -0.2) is 11.8 Å². The molecular formula is C11H12BrCl2F. The van der Waals surface area contributed by atoms with Gasteiger partial charge in [-0.05, 0) is 29.5 Å². The van der Waals surface area contributed by atoms with E-state index in [0.717, 1.165) is 16.5 Å².